The van der Waals surface area contributed by atoms with Gasteiger partial charge in [-0.25, -0.2) is 0 Å². The molecule has 178 N–H and O–H groups in total. The third-order valence-corrected chi connectivity index (χ3v) is 1.66. The van der Waals surface area contributed by atoms with Crippen molar-refractivity contribution < 1.29 is 562 Å². The van der Waals surface area contributed by atoms with E-state index < -0.39 is 0 Å². The van der Waals surface area contributed by atoms with Gasteiger partial charge in [-0.15, -0.1) is 0 Å². The van der Waals surface area contributed by atoms with Crippen LogP contribution in [0.15, 0.2) is 18.2 Å². The van der Waals surface area contributed by atoms with Crippen LogP contribution in [0.25, 0.3) is 0 Å². The third-order valence-electron chi connectivity index (χ3n) is 1.66. The summed E-state index contributed by atoms with van der Waals surface area (Å²) >= 11 is 0. The first-order valence-electron chi connectivity index (χ1n) is 3.24. The van der Waals surface area contributed by atoms with Gasteiger partial charge in [-0.1, -0.05) is 23.8 Å². The quantitative estimate of drug-likeness (QED) is 0.219. The fraction of sp³-hybridized carbons (Fsp3) is 0.333. The maximum absolute atomic E-state index is 2.20. The predicted molar refractivity (Wildman–Crippen MR) is 423 cm³/mol. The second-order valence-corrected chi connectivity index (χ2v) is 2.59. The largest absolute Gasteiger partial charge is 1.00 e. The van der Waals surface area contributed by atoms with Gasteiger partial charge < -0.3 is 482 Å². The van der Waals surface area contributed by atoms with Gasteiger partial charge in [0.05, 0.1) is 0 Å². The van der Waals surface area contributed by atoms with Crippen molar-refractivity contribution >= 4 is 0 Å². The van der Waals surface area contributed by atoms with Gasteiger partial charge in [0.15, 0.2) is 0 Å². The molecule has 97 heavy (non-hydrogen) atoms. The smallest absolute Gasteiger partial charge is 0.457 e. The third kappa shape index (κ3) is 9750. The number of hydrogen-bond acceptors (Lipinski definition) is 0. The van der Waals surface area contributed by atoms with Crippen molar-refractivity contribution in [2.45, 2.75) is 20.8 Å². The van der Waals surface area contributed by atoms with Gasteiger partial charge in [0, 0.05) is 0 Å². The molecular formula is C9H246O88+58. The zero-order chi connectivity index (χ0) is 6.85. The normalized spacial score (nSPS) is 0.897. The Kier molecular flexibility index (Phi) is 4630000. The van der Waals surface area contributed by atoms with Gasteiger partial charge in [-0.05, 0) is 31.9 Å². The van der Waals surface area contributed by atoms with Gasteiger partial charge >= 0.3 is 79.9 Å². The SMILES string of the molecule is Cc1ccc(C)c(C)c1.O.O.O.O.O.O.O.O.O.O.O.O.O.O.O.O.O.O.O.O.O.O.O.O.O.O.O.O.O.O.O.O.O.O.O.O.O.O.O.O.O.O.O.O.O.O.O.O.O.O.O.O.O.O.O.O.O.O.O.O.O.O.O.O.O.O.O.O.O.O.O.O.O.O.O.O.O.O.O.O.O.O.O.O.O.O.[H+].[H+].[H+].[H+].[H+].[H+].[H+].[H+].[H+].[H+].[H+].[H+].[H+].[H+].[H+].[H+].[H+].[H+].[H+].[H+].[H+].[H+].[H+].[H+].[H+].[H+].[H+].[H+].[H+].[H+].[H+].[H+].[H+].[H+].[H+].[H+].[H+].[H+].[H+].[H+].[H+].[H+].[H+].[H+].[H+].[H+].[H+].[H+].[H+].[H+].[H+].[H+].[H+].[H+].[H+].[H+].[OH3+].[OH3+]. The molecule has 0 aliphatic heterocycles. The van der Waals surface area contributed by atoms with Gasteiger partial charge in [-0.3, -0.25) is 0 Å². The first kappa shape index (κ1) is 35300. The van der Waals surface area contributed by atoms with E-state index in [9.17, 15) is 0 Å². The van der Waals surface area contributed by atoms with E-state index >= 15 is 0 Å². The first-order chi connectivity index (χ1) is 4.20. The Hall–Kier alpha value is -4.30. The summed E-state index contributed by atoms with van der Waals surface area (Å²) in [7, 11) is 0. The van der Waals surface area contributed by atoms with Crippen LogP contribution >= 0.6 is 0 Å². The Balaban J connectivity index is -0.0000000000396. The zero-order valence-corrected chi connectivity index (χ0v) is 50.4. The minimum absolute atomic E-state index is 0. The Morgan fingerprint density at radius 1 is 0.113 bits per heavy atom. The molecule has 1 aromatic carbocycles. The van der Waals surface area contributed by atoms with E-state index in [2.05, 4.69) is 39.0 Å². The average molecular weight is 1760 g/mol. The van der Waals surface area contributed by atoms with Crippen molar-refractivity contribution in [2.75, 3.05) is 0 Å². The van der Waals surface area contributed by atoms with Crippen molar-refractivity contribution in [1.82, 2.24) is 0 Å². The maximum atomic E-state index is 2.20. The molecule has 0 unspecified atom stereocenters. The van der Waals surface area contributed by atoms with Crippen molar-refractivity contribution in [3.05, 3.63) is 34.9 Å². The summed E-state index contributed by atoms with van der Waals surface area (Å²) in [6, 6.07) is 6.50. The molecule has 0 atom stereocenters. The summed E-state index contributed by atoms with van der Waals surface area (Å²) in [5.74, 6) is 0. The molecule has 1 rings (SSSR count). The Labute approximate surface area is 622 Å². The van der Waals surface area contributed by atoms with Crippen molar-refractivity contribution in [3.8, 4) is 0 Å². The lowest BCUT2D eigenvalue weighted by atomic mass is 10.1. The van der Waals surface area contributed by atoms with E-state index in [0.717, 1.165) is 0 Å². The van der Waals surface area contributed by atoms with Crippen molar-refractivity contribution in [1.29, 1.82) is 0 Å². The van der Waals surface area contributed by atoms with Crippen LogP contribution < -0.4 is 0 Å². The first-order valence-corrected chi connectivity index (χ1v) is 3.24. The lowest BCUT2D eigenvalue weighted by Crippen LogP contribution is -1.79. The Morgan fingerprint density at radius 3 is 0.216 bits per heavy atom. The van der Waals surface area contributed by atoms with Crippen LogP contribution in [0.3, 0.4) is 0 Å². The van der Waals surface area contributed by atoms with E-state index in [1.165, 1.54) is 16.7 Å². The molecule has 0 aliphatic rings. The summed E-state index contributed by atoms with van der Waals surface area (Å²) in [6.45, 7) is 6.39. The molecule has 0 radical (unpaired) electrons. The fourth-order valence-corrected chi connectivity index (χ4v) is 0.891. The monoisotopic (exact) mass is 1760 g/mol. The summed E-state index contributed by atoms with van der Waals surface area (Å²) in [5.41, 5.74) is 4.11. The molecule has 88 nitrogen and oxygen atoms in total. The van der Waals surface area contributed by atoms with Crippen LogP contribution in [0.5, 0.6) is 0 Å². The molecule has 0 aliphatic carbocycles. The minimum Gasteiger partial charge on any atom is -0.457 e. The highest BCUT2D eigenvalue weighted by atomic mass is 16.1. The molecule has 752 valence electrons. The van der Waals surface area contributed by atoms with E-state index in [-0.39, 0.29) is 562 Å². The summed E-state index contributed by atoms with van der Waals surface area (Å²) in [4.78, 5) is 0. The second-order valence-electron chi connectivity index (χ2n) is 2.59. The Bertz CT molecular complexity index is 399. The molecule has 0 fully saturated rings. The topological polar surface area (TPSA) is 2780 Å². The number of benzene rings is 1. The van der Waals surface area contributed by atoms with Crippen LogP contribution in [0.2, 0.25) is 0 Å². The molecular weight excluding hydrogens is 1520 g/mol. The van der Waals surface area contributed by atoms with Crippen LogP contribution in [0.4, 0.5) is 0 Å². The molecule has 0 saturated heterocycles. The highest BCUT2D eigenvalue weighted by molar-refractivity contribution is 5.28. The molecule has 0 aromatic heterocycles. The zero-order valence-electron chi connectivity index (χ0n) is 106. The molecule has 0 saturated carbocycles. The van der Waals surface area contributed by atoms with Gasteiger partial charge in [0.1, 0.15) is 0 Å². The van der Waals surface area contributed by atoms with Crippen LogP contribution in [0, 0.1) is 20.8 Å². The van der Waals surface area contributed by atoms with Gasteiger partial charge in [0.2, 0.25) is 0 Å². The number of rotatable bonds is 0. The highest BCUT2D eigenvalue weighted by Gasteiger charge is 1.89. The van der Waals surface area contributed by atoms with E-state index in [1.807, 2.05) is 0 Å². The fourth-order valence-electron chi connectivity index (χ4n) is 0.891. The van der Waals surface area contributed by atoms with E-state index in [1.54, 1.807) is 0 Å². The van der Waals surface area contributed by atoms with Crippen molar-refractivity contribution in [2.24, 2.45) is 0 Å². The molecule has 1 aromatic rings. The minimum atomic E-state index is 0. The lowest BCUT2D eigenvalue weighted by molar-refractivity contribution is 0.686. The van der Waals surface area contributed by atoms with Crippen molar-refractivity contribution in [3.63, 3.8) is 0 Å². The van der Waals surface area contributed by atoms with Gasteiger partial charge in [0.25, 0.3) is 0 Å². The molecule has 0 heterocycles. The summed E-state index contributed by atoms with van der Waals surface area (Å²) < 4.78 is 0. The van der Waals surface area contributed by atoms with Gasteiger partial charge in [-0.2, -0.15) is 0 Å². The average Bonchev–Trinajstić information content (AvgIpc) is 1.80. The molecule has 0 bridgehead atoms. The molecule has 0 amide bonds. The number of hydrogen-bond donors (Lipinski definition) is 0. The predicted octanol–water partition coefficient (Wildman–Crippen LogP) is -63.9. The summed E-state index contributed by atoms with van der Waals surface area (Å²) in [6.07, 6.45) is 0. The van der Waals surface area contributed by atoms with E-state index in [0.29, 0.717) is 0 Å². The van der Waals surface area contributed by atoms with Crippen LogP contribution in [0.1, 0.15) is 96.6 Å². The number of aryl methyl sites for hydroxylation is 3. The molecule has 0 spiro atoms. The maximum Gasteiger partial charge on any atom is 1.00 e. The van der Waals surface area contributed by atoms with Crippen LogP contribution in [-0.4, -0.2) is 471 Å². The molecule has 88 heteroatoms. The Morgan fingerprint density at radius 2 is 0.175 bits per heavy atom. The summed E-state index contributed by atoms with van der Waals surface area (Å²) in [5, 5.41) is 0. The lowest BCUT2D eigenvalue weighted by Gasteiger charge is -1.98. The standard InChI is InChI=1S/C9H12.88H2O/c1-7-4-5-8(2)9(3)6-7;;;;;;;;;;;;;;;;;;;;;;;;;;;;;;;;;;;;;;;;;;;;;;;;;;;;;;;;;;;;;;;;;;;;;;;;;;;;;;;;;;;;;;;;/h4-6H,1-3H3;88*1H2/p+58. The second kappa shape index (κ2) is 12700. The highest BCUT2D eigenvalue weighted by Crippen LogP contribution is 2.07. The van der Waals surface area contributed by atoms with Crippen LogP contribution in [-0.2, 0) is 11.0 Å². The van der Waals surface area contributed by atoms with E-state index in [4.69, 9.17) is 0 Å².